The highest BCUT2D eigenvalue weighted by atomic mass is 16.5. The average molecular weight is 346 g/mol. The monoisotopic (exact) mass is 346 g/mol. The maximum atomic E-state index is 12.4. The first-order valence-electron chi connectivity index (χ1n) is 8.12. The van der Waals surface area contributed by atoms with Gasteiger partial charge in [-0.15, -0.1) is 0 Å². The zero-order valence-corrected chi connectivity index (χ0v) is 13.6. The molecule has 1 saturated carbocycles. The number of phenolic OH excluding ortho intramolecular Hbond substituents is 1. The molecule has 0 bridgehead atoms. The zero-order chi connectivity index (χ0) is 18.1. The molecular weight excluding hydrogens is 332 g/mol. The van der Waals surface area contributed by atoms with Crippen molar-refractivity contribution in [3.63, 3.8) is 0 Å². The second kappa shape index (κ2) is 6.33. The van der Waals surface area contributed by atoms with Crippen molar-refractivity contribution in [2.75, 3.05) is 5.32 Å². The first-order valence-corrected chi connectivity index (χ1v) is 8.12. The fourth-order valence-electron chi connectivity index (χ4n) is 2.59. The van der Waals surface area contributed by atoms with Gasteiger partial charge < -0.3 is 14.9 Å². The molecule has 0 radical (unpaired) electrons. The molecule has 1 aliphatic rings. The topological polar surface area (TPSA) is 112 Å². The highest BCUT2D eigenvalue weighted by molar-refractivity contribution is 6.05. The number of nitrogens with zero attached hydrogens (tertiary/aromatic N) is 3. The third kappa shape index (κ3) is 3.26. The summed E-state index contributed by atoms with van der Waals surface area (Å²) in [5.41, 5.74) is 1.69. The van der Waals surface area contributed by atoms with Gasteiger partial charge in [0, 0.05) is 22.7 Å². The van der Waals surface area contributed by atoms with Crippen molar-refractivity contribution in [1.29, 1.82) is 5.26 Å². The SMILES string of the molecule is N#Cc1cc(O)cc(C(=O)Nc2cccc(-c3noc(C4CC4)n3)c2)c1. The zero-order valence-electron chi connectivity index (χ0n) is 13.6. The molecule has 3 aromatic rings. The summed E-state index contributed by atoms with van der Waals surface area (Å²) in [5, 5.41) is 25.3. The van der Waals surface area contributed by atoms with Crippen molar-refractivity contribution in [2.24, 2.45) is 0 Å². The second-order valence-electron chi connectivity index (χ2n) is 6.15. The average Bonchev–Trinajstić information content (AvgIpc) is 3.38. The number of carbonyl (C=O) groups excluding carboxylic acids is 1. The molecule has 2 aromatic carbocycles. The number of hydrogen-bond acceptors (Lipinski definition) is 6. The number of rotatable bonds is 4. The van der Waals surface area contributed by atoms with E-state index >= 15 is 0 Å². The van der Waals surface area contributed by atoms with Crippen LogP contribution >= 0.6 is 0 Å². The fourth-order valence-corrected chi connectivity index (χ4v) is 2.59. The number of nitriles is 1. The summed E-state index contributed by atoms with van der Waals surface area (Å²) < 4.78 is 5.27. The summed E-state index contributed by atoms with van der Waals surface area (Å²) in [4.78, 5) is 16.8. The van der Waals surface area contributed by atoms with E-state index in [1.54, 1.807) is 18.2 Å². The lowest BCUT2D eigenvalue weighted by Crippen LogP contribution is -2.12. The summed E-state index contributed by atoms with van der Waals surface area (Å²) >= 11 is 0. The van der Waals surface area contributed by atoms with E-state index in [0.29, 0.717) is 23.3 Å². The van der Waals surface area contributed by atoms with Gasteiger partial charge in [-0.3, -0.25) is 4.79 Å². The van der Waals surface area contributed by atoms with Gasteiger partial charge in [0.2, 0.25) is 11.7 Å². The molecule has 4 rings (SSSR count). The van der Waals surface area contributed by atoms with Gasteiger partial charge in [0.1, 0.15) is 5.75 Å². The lowest BCUT2D eigenvalue weighted by Gasteiger charge is -2.07. The van der Waals surface area contributed by atoms with E-state index in [-0.39, 0.29) is 16.9 Å². The van der Waals surface area contributed by atoms with Gasteiger partial charge >= 0.3 is 0 Å². The minimum Gasteiger partial charge on any atom is -0.508 e. The Balaban J connectivity index is 1.55. The highest BCUT2D eigenvalue weighted by Crippen LogP contribution is 2.39. The number of hydrogen-bond donors (Lipinski definition) is 2. The van der Waals surface area contributed by atoms with Crippen LogP contribution in [-0.2, 0) is 0 Å². The maximum Gasteiger partial charge on any atom is 0.255 e. The molecule has 0 saturated heterocycles. The number of carbonyl (C=O) groups is 1. The number of benzene rings is 2. The van der Waals surface area contributed by atoms with Crippen LogP contribution in [0.25, 0.3) is 11.4 Å². The molecule has 0 atom stereocenters. The van der Waals surface area contributed by atoms with Gasteiger partial charge in [-0.05, 0) is 43.2 Å². The molecular formula is C19H14N4O3. The molecule has 1 aromatic heterocycles. The molecule has 1 aliphatic carbocycles. The molecule has 0 aliphatic heterocycles. The van der Waals surface area contributed by atoms with E-state index in [2.05, 4.69) is 15.5 Å². The molecule has 2 N–H and O–H groups in total. The summed E-state index contributed by atoms with van der Waals surface area (Å²) in [6.07, 6.45) is 2.15. The molecule has 0 unspecified atom stereocenters. The first-order chi connectivity index (χ1) is 12.6. The number of amides is 1. The molecule has 0 spiro atoms. The van der Waals surface area contributed by atoms with Crippen molar-refractivity contribution in [3.8, 4) is 23.2 Å². The second-order valence-corrected chi connectivity index (χ2v) is 6.15. The van der Waals surface area contributed by atoms with Crippen LogP contribution in [0.1, 0.15) is 40.6 Å². The predicted octanol–water partition coefficient (Wildman–Crippen LogP) is 3.44. The van der Waals surface area contributed by atoms with Gasteiger partial charge in [-0.1, -0.05) is 17.3 Å². The Kier molecular flexibility index (Phi) is 3.86. The molecule has 7 heteroatoms. The lowest BCUT2D eigenvalue weighted by atomic mass is 10.1. The van der Waals surface area contributed by atoms with Crippen LogP contribution in [0.2, 0.25) is 0 Å². The molecule has 128 valence electrons. The van der Waals surface area contributed by atoms with Crippen LogP contribution in [-0.4, -0.2) is 21.2 Å². The third-order valence-corrected chi connectivity index (χ3v) is 4.06. The summed E-state index contributed by atoms with van der Waals surface area (Å²) in [6.45, 7) is 0. The number of phenols is 1. The quantitative estimate of drug-likeness (QED) is 0.748. The normalized spacial score (nSPS) is 13.2. The Morgan fingerprint density at radius 2 is 2.12 bits per heavy atom. The Bertz CT molecular complexity index is 1030. The first kappa shape index (κ1) is 15.8. The highest BCUT2D eigenvalue weighted by Gasteiger charge is 2.29. The van der Waals surface area contributed by atoms with Crippen LogP contribution in [0.15, 0.2) is 47.0 Å². The van der Waals surface area contributed by atoms with Gasteiger partial charge in [0.05, 0.1) is 11.6 Å². The van der Waals surface area contributed by atoms with Crippen molar-refractivity contribution in [3.05, 3.63) is 59.5 Å². The molecule has 1 fully saturated rings. The molecule has 7 nitrogen and oxygen atoms in total. The van der Waals surface area contributed by atoms with Crippen LogP contribution in [0.5, 0.6) is 5.75 Å². The molecule has 1 amide bonds. The van der Waals surface area contributed by atoms with Crippen molar-refractivity contribution < 1.29 is 14.4 Å². The van der Waals surface area contributed by atoms with Gasteiger partial charge in [0.25, 0.3) is 5.91 Å². The van der Waals surface area contributed by atoms with E-state index < -0.39 is 5.91 Å². The van der Waals surface area contributed by atoms with Crippen LogP contribution in [0.3, 0.4) is 0 Å². The Hall–Kier alpha value is -3.66. The number of aromatic nitrogens is 2. The smallest absolute Gasteiger partial charge is 0.255 e. The van der Waals surface area contributed by atoms with E-state index in [4.69, 9.17) is 9.78 Å². The van der Waals surface area contributed by atoms with Crippen molar-refractivity contribution >= 4 is 11.6 Å². The minimum atomic E-state index is -0.429. The number of anilines is 1. The maximum absolute atomic E-state index is 12.4. The lowest BCUT2D eigenvalue weighted by molar-refractivity contribution is 0.102. The fraction of sp³-hybridized carbons (Fsp3) is 0.158. The third-order valence-electron chi connectivity index (χ3n) is 4.06. The Morgan fingerprint density at radius 3 is 2.88 bits per heavy atom. The van der Waals surface area contributed by atoms with Gasteiger partial charge in [0.15, 0.2) is 0 Å². The Morgan fingerprint density at radius 1 is 1.27 bits per heavy atom. The van der Waals surface area contributed by atoms with E-state index in [9.17, 15) is 9.90 Å². The van der Waals surface area contributed by atoms with Crippen LogP contribution in [0.4, 0.5) is 5.69 Å². The standard InChI is InChI=1S/C19H14N4O3/c20-10-11-6-14(9-16(24)7-11)18(25)21-15-3-1-2-13(8-15)17-22-19(26-23-17)12-4-5-12/h1-3,6-9,12,24H,4-5H2,(H,21,25). The van der Waals surface area contributed by atoms with Gasteiger partial charge in [-0.2, -0.15) is 10.2 Å². The van der Waals surface area contributed by atoms with Crippen molar-refractivity contribution in [1.82, 2.24) is 10.1 Å². The molecule has 1 heterocycles. The van der Waals surface area contributed by atoms with E-state index in [0.717, 1.165) is 18.4 Å². The van der Waals surface area contributed by atoms with Crippen LogP contribution in [0, 0.1) is 11.3 Å². The van der Waals surface area contributed by atoms with Gasteiger partial charge in [-0.25, -0.2) is 0 Å². The van der Waals surface area contributed by atoms with Crippen molar-refractivity contribution in [2.45, 2.75) is 18.8 Å². The number of aromatic hydroxyl groups is 1. The predicted molar refractivity (Wildman–Crippen MR) is 92.5 cm³/mol. The number of nitrogens with one attached hydrogen (secondary N) is 1. The molecule has 26 heavy (non-hydrogen) atoms. The minimum absolute atomic E-state index is 0.137. The van der Waals surface area contributed by atoms with E-state index in [1.807, 2.05) is 12.1 Å². The summed E-state index contributed by atoms with van der Waals surface area (Å²) in [5.74, 6) is 0.938. The largest absolute Gasteiger partial charge is 0.508 e. The summed E-state index contributed by atoms with van der Waals surface area (Å²) in [7, 11) is 0. The Labute approximate surface area is 148 Å². The van der Waals surface area contributed by atoms with E-state index in [1.165, 1.54) is 18.2 Å². The summed E-state index contributed by atoms with van der Waals surface area (Å²) in [6, 6.07) is 13.0. The van der Waals surface area contributed by atoms with Crippen LogP contribution < -0.4 is 5.32 Å².